The number of nitrogens with zero attached hydrogens (tertiary/aromatic N) is 4. The first-order valence-corrected chi connectivity index (χ1v) is 11.4. The molecule has 1 aromatic carbocycles. The van der Waals surface area contributed by atoms with Crippen LogP contribution in [0.2, 0.25) is 0 Å². The van der Waals surface area contributed by atoms with E-state index >= 15 is 0 Å². The number of hydrogen-bond donors (Lipinski definition) is 1. The van der Waals surface area contributed by atoms with Crippen molar-refractivity contribution in [3.63, 3.8) is 0 Å². The van der Waals surface area contributed by atoms with Gasteiger partial charge in [-0.15, -0.1) is 0 Å². The van der Waals surface area contributed by atoms with Crippen molar-refractivity contribution in [2.75, 3.05) is 19.7 Å². The predicted molar refractivity (Wildman–Crippen MR) is 107 cm³/mol. The van der Waals surface area contributed by atoms with E-state index in [9.17, 15) is 8.42 Å². The number of ether oxygens (including phenoxy) is 1. The van der Waals surface area contributed by atoms with Gasteiger partial charge in [0.2, 0.25) is 15.9 Å². The van der Waals surface area contributed by atoms with Crippen molar-refractivity contribution < 1.29 is 13.2 Å². The molecule has 0 bridgehead atoms. The molecule has 2 aliphatic rings. The Morgan fingerprint density at radius 3 is 2.69 bits per heavy atom. The Morgan fingerprint density at radius 2 is 1.90 bits per heavy atom. The van der Waals surface area contributed by atoms with Crippen LogP contribution in [0.1, 0.15) is 37.3 Å². The third kappa shape index (κ3) is 3.84. The minimum absolute atomic E-state index is 0.303. The monoisotopic (exact) mass is 413 g/mol. The van der Waals surface area contributed by atoms with Crippen molar-refractivity contribution in [2.24, 2.45) is 5.92 Å². The van der Waals surface area contributed by atoms with Crippen molar-refractivity contribution in [3.8, 4) is 5.88 Å². The van der Waals surface area contributed by atoms with Gasteiger partial charge in [0, 0.05) is 25.1 Å². The van der Waals surface area contributed by atoms with Crippen molar-refractivity contribution in [2.45, 2.75) is 36.5 Å². The Morgan fingerprint density at radius 1 is 1.07 bits per heavy atom. The number of H-pyrrole nitrogens is 1. The highest BCUT2D eigenvalue weighted by atomic mass is 32.2. The fraction of sp³-hybridized carbons (Fsp3) is 0.450. The quantitative estimate of drug-likeness (QED) is 0.667. The van der Waals surface area contributed by atoms with E-state index < -0.39 is 10.0 Å². The van der Waals surface area contributed by atoms with Gasteiger partial charge in [0.1, 0.15) is 6.33 Å². The molecule has 1 saturated heterocycles. The molecular formula is C20H23N5O3S. The van der Waals surface area contributed by atoms with E-state index in [1.807, 2.05) is 6.07 Å². The predicted octanol–water partition coefficient (Wildman–Crippen LogP) is 2.71. The number of aromatic nitrogens is 4. The number of benzene rings is 1. The number of imidazole rings is 1. The summed E-state index contributed by atoms with van der Waals surface area (Å²) in [6.45, 7) is 1.54. The van der Waals surface area contributed by atoms with E-state index in [1.165, 1.54) is 12.8 Å². The van der Waals surface area contributed by atoms with Crippen molar-refractivity contribution in [3.05, 3.63) is 42.6 Å². The molecule has 2 fully saturated rings. The van der Waals surface area contributed by atoms with Gasteiger partial charge in [-0.2, -0.15) is 4.31 Å². The zero-order valence-electron chi connectivity index (χ0n) is 16.0. The smallest absolute Gasteiger partial charge is 0.243 e. The van der Waals surface area contributed by atoms with Gasteiger partial charge < -0.3 is 9.72 Å². The molecule has 152 valence electrons. The Kier molecular flexibility index (Phi) is 4.71. The maximum absolute atomic E-state index is 13.0. The van der Waals surface area contributed by atoms with Crippen molar-refractivity contribution in [1.29, 1.82) is 0 Å². The summed E-state index contributed by atoms with van der Waals surface area (Å²) in [6, 6.07) is 6.94. The first kappa shape index (κ1) is 18.5. The molecule has 2 aromatic heterocycles. The average molecular weight is 414 g/mol. The molecule has 5 rings (SSSR count). The van der Waals surface area contributed by atoms with Gasteiger partial charge in [-0.05, 0) is 49.8 Å². The van der Waals surface area contributed by atoms with Gasteiger partial charge in [0.05, 0.1) is 34.6 Å². The molecule has 0 amide bonds. The molecule has 1 aliphatic heterocycles. The number of hydrogen-bond acceptors (Lipinski definition) is 6. The number of rotatable bonds is 6. The summed E-state index contributed by atoms with van der Waals surface area (Å²) in [4.78, 5) is 15.9. The summed E-state index contributed by atoms with van der Waals surface area (Å²) in [7, 11) is -3.51. The Hall–Kier alpha value is -2.52. The molecule has 1 aliphatic carbocycles. The van der Waals surface area contributed by atoms with Crippen molar-refractivity contribution >= 4 is 21.1 Å². The molecule has 1 saturated carbocycles. The highest BCUT2D eigenvalue weighted by Gasteiger charge is 2.30. The molecular weight excluding hydrogens is 390 g/mol. The fourth-order valence-corrected chi connectivity index (χ4v) is 5.27. The van der Waals surface area contributed by atoms with E-state index in [0.717, 1.165) is 29.6 Å². The SMILES string of the molecule is O=S(=O)(c1ccc2nc[nH]c2c1)N1CCC(COc2cc(C3CC3)ncn2)CC1. The highest BCUT2D eigenvalue weighted by Crippen LogP contribution is 2.39. The van der Waals surface area contributed by atoms with Gasteiger partial charge in [-0.25, -0.2) is 23.4 Å². The van der Waals surface area contributed by atoms with Crippen LogP contribution >= 0.6 is 0 Å². The molecule has 0 unspecified atom stereocenters. The summed E-state index contributed by atoms with van der Waals surface area (Å²) < 4.78 is 33.4. The van der Waals surface area contributed by atoms with E-state index in [0.29, 0.717) is 42.3 Å². The van der Waals surface area contributed by atoms with Crippen LogP contribution in [0.15, 0.2) is 41.8 Å². The van der Waals surface area contributed by atoms with E-state index in [2.05, 4.69) is 19.9 Å². The lowest BCUT2D eigenvalue weighted by atomic mass is 9.99. The van der Waals surface area contributed by atoms with Crippen LogP contribution in [-0.4, -0.2) is 52.4 Å². The molecule has 9 heteroatoms. The number of piperidine rings is 1. The van der Waals surface area contributed by atoms with Crippen molar-refractivity contribution in [1.82, 2.24) is 24.2 Å². The summed E-state index contributed by atoms with van der Waals surface area (Å²) >= 11 is 0. The van der Waals surface area contributed by atoms with Crippen LogP contribution in [0.4, 0.5) is 0 Å². The fourth-order valence-electron chi connectivity index (χ4n) is 3.78. The van der Waals surface area contributed by atoms with Crippen LogP contribution in [0.5, 0.6) is 5.88 Å². The Balaban J connectivity index is 1.19. The molecule has 1 N–H and O–H groups in total. The van der Waals surface area contributed by atoms with E-state index in [-0.39, 0.29) is 0 Å². The van der Waals surface area contributed by atoms with Crippen LogP contribution in [0.3, 0.4) is 0 Å². The summed E-state index contributed by atoms with van der Waals surface area (Å²) in [6.07, 6.45) is 7.05. The number of fused-ring (bicyclic) bond motifs is 1. The maximum Gasteiger partial charge on any atom is 0.243 e. The van der Waals surface area contributed by atoms with Gasteiger partial charge >= 0.3 is 0 Å². The maximum atomic E-state index is 13.0. The van der Waals surface area contributed by atoms with Gasteiger partial charge in [-0.3, -0.25) is 0 Å². The van der Waals surface area contributed by atoms with E-state index in [4.69, 9.17) is 4.74 Å². The van der Waals surface area contributed by atoms with Gasteiger partial charge in [0.25, 0.3) is 0 Å². The van der Waals surface area contributed by atoms with Crippen LogP contribution in [-0.2, 0) is 10.0 Å². The zero-order chi connectivity index (χ0) is 19.8. The molecule has 29 heavy (non-hydrogen) atoms. The number of aromatic amines is 1. The normalized spacial score (nSPS) is 18.9. The van der Waals surface area contributed by atoms with Crippen LogP contribution < -0.4 is 4.74 Å². The third-order valence-electron chi connectivity index (χ3n) is 5.73. The molecule has 0 spiro atoms. The zero-order valence-corrected chi connectivity index (χ0v) is 16.8. The van der Waals surface area contributed by atoms with Crippen LogP contribution in [0.25, 0.3) is 11.0 Å². The highest BCUT2D eigenvalue weighted by molar-refractivity contribution is 7.89. The van der Waals surface area contributed by atoms with Crippen LogP contribution in [0, 0.1) is 5.92 Å². The largest absolute Gasteiger partial charge is 0.477 e. The lowest BCUT2D eigenvalue weighted by Gasteiger charge is -2.31. The summed E-state index contributed by atoms with van der Waals surface area (Å²) in [5.74, 6) is 1.50. The Labute approximate surface area is 169 Å². The van der Waals surface area contributed by atoms with E-state index in [1.54, 1.807) is 35.2 Å². The molecule has 3 heterocycles. The minimum Gasteiger partial charge on any atom is -0.477 e. The lowest BCUT2D eigenvalue weighted by molar-refractivity contribution is 0.180. The second-order valence-corrected chi connectivity index (χ2v) is 9.73. The Bertz CT molecular complexity index is 1120. The molecule has 0 radical (unpaired) electrons. The van der Waals surface area contributed by atoms with Gasteiger partial charge in [0.15, 0.2) is 0 Å². The standard InChI is InChI=1S/C20H23N5O3S/c26-29(27,16-3-4-17-19(9-16)23-12-21-17)25-7-5-14(6-8-25)11-28-20-10-18(15-1-2-15)22-13-24-20/h3-4,9-10,12-15H,1-2,5-8,11H2,(H,21,23). The summed E-state index contributed by atoms with van der Waals surface area (Å²) in [5.41, 5.74) is 2.55. The molecule has 0 atom stereocenters. The lowest BCUT2D eigenvalue weighted by Crippen LogP contribution is -2.39. The van der Waals surface area contributed by atoms with Gasteiger partial charge in [-0.1, -0.05) is 0 Å². The third-order valence-corrected chi connectivity index (χ3v) is 7.62. The average Bonchev–Trinajstić information content (AvgIpc) is 3.50. The number of sulfonamides is 1. The second kappa shape index (κ2) is 7.38. The second-order valence-electron chi connectivity index (χ2n) is 7.80. The molecule has 8 nitrogen and oxygen atoms in total. The number of nitrogens with one attached hydrogen (secondary N) is 1. The first-order chi connectivity index (χ1) is 14.1. The topological polar surface area (TPSA) is 101 Å². The summed E-state index contributed by atoms with van der Waals surface area (Å²) in [5, 5.41) is 0. The molecule has 3 aromatic rings. The first-order valence-electron chi connectivity index (χ1n) is 9.97. The minimum atomic E-state index is -3.51.